The van der Waals surface area contributed by atoms with Gasteiger partial charge in [-0.15, -0.1) is 6.58 Å². The van der Waals surface area contributed by atoms with Gasteiger partial charge < -0.3 is 10.8 Å². The summed E-state index contributed by atoms with van der Waals surface area (Å²) < 4.78 is -0.399. The average molecular weight is 245 g/mol. The molecule has 0 spiro atoms. The van der Waals surface area contributed by atoms with E-state index in [0.29, 0.717) is 0 Å². The van der Waals surface area contributed by atoms with Gasteiger partial charge in [-0.2, -0.15) is 11.8 Å². The number of nitrogens with two attached hydrogens (primary N) is 1. The highest BCUT2D eigenvalue weighted by atomic mass is 32.2. The van der Waals surface area contributed by atoms with E-state index in [1.54, 1.807) is 11.8 Å². The van der Waals surface area contributed by atoms with Crippen molar-refractivity contribution in [3.63, 3.8) is 0 Å². The molecular formula is C12H23NO2S. The van der Waals surface area contributed by atoms with E-state index in [9.17, 15) is 4.79 Å². The van der Waals surface area contributed by atoms with Crippen LogP contribution in [0.5, 0.6) is 0 Å². The summed E-state index contributed by atoms with van der Waals surface area (Å²) in [5.41, 5.74) is 5.62. The predicted molar refractivity (Wildman–Crippen MR) is 70.8 cm³/mol. The lowest BCUT2D eigenvalue weighted by molar-refractivity contribution is -0.139. The van der Waals surface area contributed by atoms with E-state index in [2.05, 4.69) is 6.58 Å². The molecule has 0 aromatic rings. The number of carbonyl (C=O) groups is 1. The van der Waals surface area contributed by atoms with Gasteiger partial charge in [-0.25, -0.2) is 0 Å². The Balaban J connectivity index is 3.73. The Morgan fingerprint density at radius 2 is 2.12 bits per heavy atom. The molecule has 4 heteroatoms. The normalized spacial score (nSPS) is 13.4. The van der Waals surface area contributed by atoms with Crippen LogP contribution in [-0.4, -0.2) is 27.6 Å². The largest absolute Gasteiger partial charge is 0.480 e. The van der Waals surface area contributed by atoms with Gasteiger partial charge in [0.05, 0.1) is 0 Å². The van der Waals surface area contributed by atoms with Crippen molar-refractivity contribution < 1.29 is 9.90 Å². The van der Waals surface area contributed by atoms with Crippen LogP contribution < -0.4 is 5.73 Å². The standard InChI is InChI=1S/C12H23NO2S/c1-4-5-6-7-8-9-16-12(2,3)10(13)11(14)15/h4,10H,1,5-9,13H2,2-3H3,(H,14,15)/t10-/m0/s1. The van der Waals surface area contributed by atoms with E-state index < -0.39 is 16.8 Å². The smallest absolute Gasteiger partial charge is 0.321 e. The van der Waals surface area contributed by atoms with Gasteiger partial charge in [0.15, 0.2) is 0 Å². The fourth-order valence-corrected chi connectivity index (χ4v) is 2.44. The lowest BCUT2D eigenvalue weighted by atomic mass is 10.1. The summed E-state index contributed by atoms with van der Waals surface area (Å²) >= 11 is 1.64. The minimum atomic E-state index is -0.927. The van der Waals surface area contributed by atoms with Crippen molar-refractivity contribution in [1.82, 2.24) is 0 Å². The predicted octanol–water partition coefficient (Wildman–Crippen LogP) is 2.66. The van der Waals surface area contributed by atoms with E-state index in [0.717, 1.165) is 31.4 Å². The Morgan fingerprint density at radius 3 is 2.62 bits per heavy atom. The molecule has 0 aliphatic rings. The Kier molecular flexibility index (Phi) is 7.51. The van der Waals surface area contributed by atoms with Crippen molar-refractivity contribution in [1.29, 1.82) is 0 Å². The van der Waals surface area contributed by atoms with Crippen LogP contribution in [0, 0.1) is 0 Å². The van der Waals surface area contributed by atoms with Gasteiger partial charge in [-0.05, 0) is 38.9 Å². The fourth-order valence-electron chi connectivity index (χ4n) is 1.29. The van der Waals surface area contributed by atoms with Crippen molar-refractivity contribution in [3.8, 4) is 0 Å². The first-order valence-electron chi connectivity index (χ1n) is 5.65. The molecule has 0 saturated heterocycles. The molecule has 0 saturated carbocycles. The topological polar surface area (TPSA) is 63.3 Å². The van der Waals surface area contributed by atoms with Gasteiger partial charge in [0, 0.05) is 4.75 Å². The maximum absolute atomic E-state index is 10.8. The first-order valence-corrected chi connectivity index (χ1v) is 6.63. The zero-order valence-electron chi connectivity index (χ0n) is 10.2. The van der Waals surface area contributed by atoms with Gasteiger partial charge in [-0.3, -0.25) is 4.79 Å². The molecular weight excluding hydrogens is 222 g/mol. The first-order chi connectivity index (χ1) is 7.41. The fraction of sp³-hybridized carbons (Fsp3) is 0.750. The highest BCUT2D eigenvalue weighted by molar-refractivity contribution is 8.00. The summed E-state index contributed by atoms with van der Waals surface area (Å²) in [6.45, 7) is 7.45. The summed E-state index contributed by atoms with van der Waals surface area (Å²) in [5, 5.41) is 8.84. The third-order valence-corrected chi connectivity index (χ3v) is 4.03. The molecule has 0 aliphatic heterocycles. The van der Waals surface area contributed by atoms with Crippen molar-refractivity contribution in [2.45, 2.75) is 50.3 Å². The zero-order chi connectivity index (χ0) is 12.6. The summed E-state index contributed by atoms with van der Waals surface area (Å²) in [4.78, 5) is 10.8. The molecule has 16 heavy (non-hydrogen) atoms. The van der Waals surface area contributed by atoms with Gasteiger partial charge >= 0.3 is 5.97 Å². The molecule has 0 fully saturated rings. The van der Waals surface area contributed by atoms with Gasteiger partial charge in [-0.1, -0.05) is 12.5 Å². The molecule has 0 aromatic heterocycles. The van der Waals surface area contributed by atoms with Gasteiger partial charge in [0.25, 0.3) is 0 Å². The molecule has 3 nitrogen and oxygen atoms in total. The molecule has 0 aliphatic carbocycles. The maximum Gasteiger partial charge on any atom is 0.321 e. The third-order valence-electron chi connectivity index (χ3n) is 2.54. The molecule has 0 aromatic carbocycles. The molecule has 1 atom stereocenters. The Bertz CT molecular complexity index is 229. The third kappa shape index (κ3) is 6.18. The molecule has 0 rings (SSSR count). The van der Waals surface area contributed by atoms with E-state index in [1.807, 2.05) is 19.9 Å². The SMILES string of the molecule is C=CCCCCCSC(C)(C)[C@@H](N)C(=O)O. The van der Waals surface area contributed by atoms with Crippen molar-refractivity contribution >= 4 is 17.7 Å². The quantitative estimate of drug-likeness (QED) is 0.484. The first kappa shape index (κ1) is 15.5. The summed E-state index contributed by atoms with van der Waals surface area (Å²) in [6, 6.07) is -0.800. The van der Waals surface area contributed by atoms with Crippen molar-refractivity contribution in [2.24, 2.45) is 5.73 Å². The van der Waals surface area contributed by atoms with E-state index in [1.165, 1.54) is 0 Å². The van der Waals surface area contributed by atoms with Crippen LogP contribution >= 0.6 is 11.8 Å². The van der Waals surface area contributed by atoms with Crippen LogP contribution in [0.25, 0.3) is 0 Å². The zero-order valence-corrected chi connectivity index (χ0v) is 11.1. The molecule has 3 N–H and O–H groups in total. The lowest BCUT2D eigenvalue weighted by Gasteiger charge is -2.27. The minimum Gasteiger partial charge on any atom is -0.480 e. The Hall–Kier alpha value is -0.480. The molecule has 94 valence electrons. The Labute approximate surface area is 102 Å². The second kappa shape index (κ2) is 7.74. The highest BCUT2D eigenvalue weighted by Gasteiger charge is 2.32. The Morgan fingerprint density at radius 1 is 1.50 bits per heavy atom. The van der Waals surface area contributed by atoms with Crippen LogP contribution in [0.3, 0.4) is 0 Å². The second-order valence-electron chi connectivity index (χ2n) is 4.41. The molecule has 0 amide bonds. The number of aliphatic carboxylic acids is 1. The van der Waals surface area contributed by atoms with Crippen LogP contribution in [0.2, 0.25) is 0 Å². The summed E-state index contributed by atoms with van der Waals surface area (Å²) in [7, 11) is 0. The number of rotatable bonds is 9. The van der Waals surface area contributed by atoms with Crippen molar-refractivity contribution in [2.75, 3.05) is 5.75 Å². The molecule has 0 heterocycles. The lowest BCUT2D eigenvalue weighted by Crippen LogP contribution is -2.46. The number of carboxylic acids is 1. The summed E-state index contributed by atoms with van der Waals surface area (Å²) in [5.74, 6) is 0.0367. The monoisotopic (exact) mass is 245 g/mol. The molecule has 0 bridgehead atoms. The number of allylic oxidation sites excluding steroid dienone is 1. The number of hydrogen-bond donors (Lipinski definition) is 2. The van der Waals surface area contributed by atoms with Crippen LogP contribution in [-0.2, 0) is 4.79 Å². The molecule has 0 radical (unpaired) electrons. The number of unbranched alkanes of at least 4 members (excludes halogenated alkanes) is 3. The summed E-state index contributed by atoms with van der Waals surface area (Å²) in [6.07, 6.45) is 6.42. The minimum absolute atomic E-state index is 0.399. The van der Waals surface area contributed by atoms with Crippen LogP contribution in [0.4, 0.5) is 0 Å². The molecule has 0 unspecified atom stereocenters. The van der Waals surface area contributed by atoms with Crippen LogP contribution in [0.15, 0.2) is 12.7 Å². The van der Waals surface area contributed by atoms with E-state index in [4.69, 9.17) is 10.8 Å². The average Bonchev–Trinajstić information content (AvgIpc) is 2.22. The van der Waals surface area contributed by atoms with Crippen molar-refractivity contribution in [3.05, 3.63) is 12.7 Å². The number of thioether (sulfide) groups is 1. The van der Waals surface area contributed by atoms with E-state index >= 15 is 0 Å². The number of carboxylic acid groups (broad SMARTS) is 1. The second-order valence-corrected chi connectivity index (χ2v) is 6.15. The van der Waals surface area contributed by atoms with Gasteiger partial charge in [0.1, 0.15) is 6.04 Å². The maximum atomic E-state index is 10.8. The highest BCUT2D eigenvalue weighted by Crippen LogP contribution is 2.28. The van der Waals surface area contributed by atoms with E-state index in [-0.39, 0.29) is 0 Å². The van der Waals surface area contributed by atoms with Crippen LogP contribution in [0.1, 0.15) is 39.5 Å². The van der Waals surface area contributed by atoms with Gasteiger partial charge in [0.2, 0.25) is 0 Å². The number of hydrogen-bond acceptors (Lipinski definition) is 3.